The molecule has 4 nitrogen and oxygen atoms in total. The van der Waals surface area contributed by atoms with Crippen molar-refractivity contribution in [1.82, 2.24) is 9.78 Å². The number of hydrogen-bond donors (Lipinski definition) is 0. The number of thiophene rings is 1. The molecule has 1 saturated carbocycles. The second kappa shape index (κ2) is 6.32. The molecule has 0 aromatic carbocycles. The molecule has 0 radical (unpaired) electrons. The highest BCUT2D eigenvalue weighted by atomic mass is 32.1. The van der Waals surface area contributed by atoms with Crippen molar-refractivity contribution in [1.29, 1.82) is 0 Å². The minimum absolute atomic E-state index is 0.425. The molecule has 2 aromatic rings. The zero-order valence-electron chi connectivity index (χ0n) is 15.7. The first-order valence-electron chi connectivity index (χ1n) is 9.08. The summed E-state index contributed by atoms with van der Waals surface area (Å²) in [6.07, 6.45) is 5.93. The van der Waals surface area contributed by atoms with Crippen LogP contribution in [0.5, 0.6) is 0 Å². The lowest BCUT2D eigenvalue weighted by molar-refractivity contribution is 0.00578. The largest absolute Gasteiger partial charge is 0.525 e. The van der Waals surface area contributed by atoms with Crippen molar-refractivity contribution in [3.05, 3.63) is 34.3 Å². The molecule has 138 valence electrons. The van der Waals surface area contributed by atoms with Crippen molar-refractivity contribution >= 4 is 24.5 Å². The number of rotatable bonds is 5. The van der Waals surface area contributed by atoms with E-state index in [1.54, 1.807) is 11.3 Å². The predicted octanol–water partition coefficient (Wildman–Crippen LogP) is 4.96. The van der Waals surface area contributed by atoms with Gasteiger partial charge in [0.25, 0.3) is 0 Å². The maximum atomic E-state index is 15.0. The second-order valence-corrected chi connectivity index (χ2v) is 9.01. The fourth-order valence-corrected chi connectivity index (χ4v) is 3.64. The van der Waals surface area contributed by atoms with Crippen molar-refractivity contribution in [2.24, 2.45) is 5.92 Å². The summed E-state index contributed by atoms with van der Waals surface area (Å²) in [4.78, 5) is 0. The van der Waals surface area contributed by atoms with Gasteiger partial charge in [-0.25, -0.2) is 4.39 Å². The van der Waals surface area contributed by atoms with E-state index >= 15 is 0 Å². The SMILES string of the molecule is CC1(C)OB(C(F)=Cc2cn(CC3CC3)nc2-c2ccsc2)OC1(C)C. The summed E-state index contributed by atoms with van der Waals surface area (Å²) in [5.41, 5.74) is 1.03. The smallest absolute Gasteiger partial charge is 0.398 e. The summed E-state index contributed by atoms with van der Waals surface area (Å²) in [7, 11) is -0.984. The Morgan fingerprint density at radius 2 is 2.04 bits per heavy atom. The first-order chi connectivity index (χ1) is 12.2. The van der Waals surface area contributed by atoms with Gasteiger partial charge in [-0.15, -0.1) is 0 Å². The van der Waals surface area contributed by atoms with Gasteiger partial charge in [0.1, 0.15) is 11.4 Å². The van der Waals surface area contributed by atoms with E-state index in [0.717, 1.165) is 23.4 Å². The third-order valence-electron chi connectivity index (χ3n) is 5.50. The molecular formula is C19H24BFN2O2S. The fourth-order valence-electron chi connectivity index (χ4n) is 3.00. The monoisotopic (exact) mass is 374 g/mol. The van der Waals surface area contributed by atoms with Crippen LogP contribution in [0.1, 0.15) is 46.1 Å². The Bertz CT molecular complexity index is 809. The van der Waals surface area contributed by atoms with Crippen LogP contribution in [0.4, 0.5) is 4.39 Å². The van der Waals surface area contributed by atoms with Crippen LogP contribution in [0.3, 0.4) is 0 Å². The lowest BCUT2D eigenvalue weighted by Gasteiger charge is -2.32. The van der Waals surface area contributed by atoms with E-state index < -0.39 is 24.0 Å². The van der Waals surface area contributed by atoms with Crippen LogP contribution in [-0.4, -0.2) is 28.1 Å². The molecule has 2 aliphatic rings. The molecule has 3 heterocycles. The topological polar surface area (TPSA) is 36.3 Å². The normalized spacial score (nSPS) is 22.2. The van der Waals surface area contributed by atoms with Gasteiger partial charge in [-0.05, 0) is 64.0 Å². The van der Waals surface area contributed by atoms with Gasteiger partial charge in [-0.3, -0.25) is 4.68 Å². The van der Waals surface area contributed by atoms with E-state index in [1.807, 2.05) is 55.4 Å². The van der Waals surface area contributed by atoms with Gasteiger partial charge < -0.3 is 9.31 Å². The molecule has 1 aliphatic carbocycles. The number of halogens is 1. The highest BCUT2D eigenvalue weighted by molar-refractivity contribution is 7.08. The number of nitrogens with zero attached hydrogens (tertiary/aromatic N) is 2. The van der Waals surface area contributed by atoms with E-state index in [1.165, 1.54) is 18.9 Å². The van der Waals surface area contributed by atoms with Crippen molar-refractivity contribution in [3.8, 4) is 11.3 Å². The third kappa shape index (κ3) is 3.40. The Morgan fingerprint density at radius 3 is 2.62 bits per heavy atom. The molecule has 0 bridgehead atoms. The highest BCUT2D eigenvalue weighted by Crippen LogP contribution is 2.39. The molecule has 0 unspecified atom stereocenters. The second-order valence-electron chi connectivity index (χ2n) is 8.23. The van der Waals surface area contributed by atoms with E-state index in [0.29, 0.717) is 5.92 Å². The van der Waals surface area contributed by atoms with Gasteiger partial charge in [0.2, 0.25) is 0 Å². The molecule has 1 aliphatic heterocycles. The van der Waals surface area contributed by atoms with Crippen LogP contribution in [0.2, 0.25) is 0 Å². The van der Waals surface area contributed by atoms with E-state index in [9.17, 15) is 4.39 Å². The van der Waals surface area contributed by atoms with E-state index in [-0.39, 0.29) is 0 Å². The predicted molar refractivity (Wildman–Crippen MR) is 103 cm³/mol. The Kier molecular flexibility index (Phi) is 4.37. The number of aromatic nitrogens is 2. The van der Waals surface area contributed by atoms with Gasteiger partial charge in [-0.1, -0.05) is 0 Å². The van der Waals surface area contributed by atoms with E-state index in [4.69, 9.17) is 14.4 Å². The molecule has 0 amide bonds. The van der Waals surface area contributed by atoms with Gasteiger partial charge in [-0.2, -0.15) is 16.4 Å². The molecule has 0 spiro atoms. The molecule has 2 fully saturated rings. The maximum Gasteiger partial charge on any atom is 0.525 e. The molecule has 7 heteroatoms. The van der Waals surface area contributed by atoms with Gasteiger partial charge >= 0.3 is 7.12 Å². The minimum atomic E-state index is -0.984. The summed E-state index contributed by atoms with van der Waals surface area (Å²) in [5.74, 6) is 0.704. The molecule has 2 aromatic heterocycles. The quantitative estimate of drug-likeness (QED) is 0.694. The van der Waals surface area contributed by atoms with Crippen LogP contribution in [0, 0.1) is 5.92 Å². The molecule has 26 heavy (non-hydrogen) atoms. The lowest BCUT2D eigenvalue weighted by Crippen LogP contribution is -2.41. The summed E-state index contributed by atoms with van der Waals surface area (Å²) in [5, 5.41) is 8.74. The average molecular weight is 374 g/mol. The van der Waals surface area contributed by atoms with Crippen molar-refractivity contribution in [2.75, 3.05) is 0 Å². The standard InChI is InChI=1S/C19H24BFN2O2S/c1-18(2)19(3,4)25-20(24-18)16(21)9-15-11-23(10-13-5-6-13)22-17(15)14-7-8-26-12-14/h7-9,11-13H,5-6,10H2,1-4H3. The Balaban J connectivity index is 1.64. The van der Waals surface area contributed by atoms with Gasteiger partial charge in [0.05, 0.1) is 11.2 Å². The average Bonchev–Trinajstić information content (AvgIpc) is 2.96. The Hall–Kier alpha value is -1.44. The highest BCUT2D eigenvalue weighted by Gasteiger charge is 2.53. The first-order valence-corrected chi connectivity index (χ1v) is 10.0. The van der Waals surface area contributed by atoms with Crippen LogP contribution in [0.25, 0.3) is 17.3 Å². The first kappa shape index (κ1) is 18.0. The molecule has 1 saturated heterocycles. The summed E-state index contributed by atoms with van der Waals surface area (Å²) < 4.78 is 28.5. The zero-order chi connectivity index (χ0) is 18.5. The van der Waals surface area contributed by atoms with Gasteiger partial charge in [0, 0.05) is 29.2 Å². The lowest BCUT2D eigenvalue weighted by atomic mass is 9.86. The van der Waals surface area contributed by atoms with Crippen LogP contribution in [0.15, 0.2) is 28.7 Å². The minimum Gasteiger partial charge on any atom is -0.398 e. The molecular weight excluding hydrogens is 350 g/mol. The van der Waals surface area contributed by atoms with Crippen LogP contribution in [-0.2, 0) is 15.9 Å². The molecule has 0 N–H and O–H groups in total. The Morgan fingerprint density at radius 1 is 1.35 bits per heavy atom. The van der Waals surface area contributed by atoms with Gasteiger partial charge in [0.15, 0.2) is 0 Å². The molecule has 4 rings (SSSR count). The van der Waals surface area contributed by atoms with Crippen molar-refractivity contribution in [2.45, 2.75) is 58.3 Å². The summed E-state index contributed by atoms with van der Waals surface area (Å²) >= 11 is 1.61. The summed E-state index contributed by atoms with van der Waals surface area (Å²) in [6, 6.07) is 2.01. The number of hydrogen-bond acceptors (Lipinski definition) is 4. The zero-order valence-corrected chi connectivity index (χ0v) is 16.5. The fraction of sp³-hybridized carbons (Fsp3) is 0.526. The maximum absolute atomic E-state index is 15.0. The van der Waals surface area contributed by atoms with Crippen LogP contribution < -0.4 is 0 Å². The van der Waals surface area contributed by atoms with Crippen molar-refractivity contribution < 1.29 is 13.7 Å². The summed E-state index contributed by atoms with van der Waals surface area (Å²) in [6.45, 7) is 8.58. The van der Waals surface area contributed by atoms with E-state index in [2.05, 4.69) is 0 Å². The van der Waals surface area contributed by atoms with Crippen molar-refractivity contribution in [3.63, 3.8) is 0 Å². The third-order valence-corrected chi connectivity index (χ3v) is 6.18. The Labute approximate surface area is 158 Å². The van der Waals surface area contributed by atoms with Crippen LogP contribution >= 0.6 is 11.3 Å². The molecule has 0 atom stereocenters.